The molecule has 0 saturated heterocycles. The molecule has 0 aliphatic rings. The van der Waals surface area contributed by atoms with Gasteiger partial charge in [0.1, 0.15) is 0 Å². The quantitative estimate of drug-likeness (QED) is 0.859. The summed E-state index contributed by atoms with van der Waals surface area (Å²) in [4.78, 5) is 0. The summed E-state index contributed by atoms with van der Waals surface area (Å²) in [5.74, 6) is 0.505. The molecule has 84 valence electrons. The van der Waals surface area contributed by atoms with Crippen LogP contribution in [0.25, 0.3) is 0 Å². The normalized spacial score (nSPS) is 12.7. The molecule has 0 aliphatic heterocycles. The highest BCUT2D eigenvalue weighted by Gasteiger charge is 2.12. The Morgan fingerprint density at radius 2 is 2.13 bits per heavy atom. The van der Waals surface area contributed by atoms with Gasteiger partial charge in [-0.15, -0.1) is 0 Å². The summed E-state index contributed by atoms with van der Waals surface area (Å²) in [6.45, 7) is 1.78. The number of hydrogen-bond acceptors (Lipinski definition) is 2. The van der Waals surface area contributed by atoms with Crippen molar-refractivity contribution in [2.75, 3.05) is 27.3 Å². The molecule has 0 fully saturated rings. The van der Waals surface area contributed by atoms with Crippen molar-refractivity contribution < 1.29 is 4.74 Å². The van der Waals surface area contributed by atoms with Crippen molar-refractivity contribution in [2.24, 2.45) is 0 Å². The van der Waals surface area contributed by atoms with E-state index in [1.54, 1.807) is 7.11 Å². The summed E-state index contributed by atoms with van der Waals surface area (Å²) in [6, 6.07) is 8.38. The molecular weight excluding hydrogens is 254 g/mol. The number of ether oxygens (including phenoxy) is 1. The maximum absolute atomic E-state index is 5.14. The van der Waals surface area contributed by atoms with Crippen LogP contribution in [0.5, 0.6) is 0 Å². The van der Waals surface area contributed by atoms with E-state index < -0.39 is 0 Å². The van der Waals surface area contributed by atoms with Crippen LogP contribution in [0.3, 0.4) is 0 Å². The molecule has 0 aliphatic carbocycles. The number of halogens is 1. The van der Waals surface area contributed by atoms with Crippen molar-refractivity contribution in [3.63, 3.8) is 0 Å². The first-order valence-corrected chi connectivity index (χ1v) is 5.96. The fourth-order valence-electron chi connectivity index (χ4n) is 1.68. The van der Waals surface area contributed by atoms with Crippen LogP contribution < -0.4 is 5.32 Å². The van der Waals surface area contributed by atoms with E-state index in [1.807, 2.05) is 13.1 Å². The van der Waals surface area contributed by atoms with E-state index in [9.17, 15) is 0 Å². The van der Waals surface area contributed by atoms with Crippen LogP contribution in [0.2, 0.25) is 0 Å². The molecule has 1 unspecified atom stereocenters. The number of methoxy groups -OCH3 is 1. The second-order valence-corrected chi connectivity index (χ2v) is 4.41. The van der Waals surface area contributed by atoms with E-state index in [-0.39, 0.29) is 0 Å². The maximum atomic E-state index is 5.14. The lowest BCUT2D eigenvalue weighted by Crippen LogP contribution is -2.18. The molecule has 2 nitrogen and oxygen atoms in total. The number of hydrogen-bond donors (Lipinski definition) is 1. The van der Waals surface area contributed by atoms with E-state index in [4.69, 9.17) is 4.74 Å². The van der Waals surface area contributed by atoms with E-state index in [1.165, 1.54) is 10.0 Å². The standard InChI is InChI=1S/C12H18BrNO/c1-14-9-10(7-8-15-2)11-5-3-4-6-12(11)13/h3-6,10,14H,7-9H2,1-2H3. The summed E-state index contributed by atoms with van der Waals surface area (Å²) >= 11 is 3.59. The van der Waals surface area contributed by atoms with Crippen molar-refractivity contribution in [3.8, 4) is 0 Å². The van der Waals surface area contributed by atoms with Crippen LogP contribution in [0, 0.1) is 0 Å². The minimum atomic E-state index is 0.505. The molecule has 0 spiro atoms. The predicted molar refractivity (Wildman–Crippen MR) is 67.3 cm³/mol. The second-order valence-electron chi connectivity index (χ2n) is 3.56. The van der Waals surface area contributed by atoms with Gasteiger partial charge in [-0.2, -0.15) is 0 Å². The van der Waals surface area contributed by atoms with Gasteiger partial charge in [-0.05, 0) is 31.0 Å². The zero-order chi connectivity index (χ0) is 11.1. The van der Waals surface area contributed by atoms with Gasteiger partial charge < -0.3 is 10.1 Å². The van der Waals surface area contributed by atoms with E-state index in [2.05, 4.69) is 39.4 Å². The Morgan fingerprint density at radius 1 is 1.40 bits per heavy atom. The van der Waals surface area contributed by atoms with Gasteiger partial charge in [0, 0.05) is 24.7 Å². The highest BCUT2D eigenvalue weighted by Crippen LogP contribution is 2.26. The molecule has 0 amide bonds. The van der Waals surface area contributed by atoms with E-state index >= 15 is 0 Å². The van der Waals surface area contributed by atoms with Crippen LogP contribution in [0.15, 0.2) is 28.7 Å². The van der Waals surface area contributed by atoms with E-state index in [0.29, 0.717) is 5.92 Å². The maximum Gasteiger partial charge on any atom is 0.0468 e. The van der Waals surface area contributed by atoms with Crippen LogP contribution in [-0.4, -0.2) is 27.3 Å². The topological polar surface area (TPSA) is 21.3 Å². The zero-order valence-electron chi connectivity index (χ0n) is 9.29. The summed E-state index contributed by atoms with van der Waals surface area (Å²) in [7, 11) is 3.73. The van der Waals surface area contributed by atoms with E-state index in [0.717, 1.165) is 19.6 Å². The van der Waals surface area contributed by atoms with Gasteiger partial charge in [0.25, 0.3) is 0 Å². The summed E-state index contributed by atoms with van der Waals surface area (Å²) in [6.07, 6.45) is 1.04. The van der Waals surface area contributed by atoms with Crippen LogP contribution in [0.4, 0.5) is 0 Å². The molecule has 0 aromatic heterocycles. The number of nitrogens with one attached hydrogen (secondary N) is 1. The molecule has 15 heavy (non-hydrogen) atoms. The molecule has 1 N–H and O–H groups in total. The Hall–Kier alpha value is -0.380. The monoisotopic (exact) mass is 271 g/mol. The van der Waals surface area contributed by atoms with Crippen LogP contribution >= 0.6 is 15.9 Å². The molecule has 1 aromatic rings. The summed E-state index contributed by atoms with van der Waals surface area (Å²) in [5.41, 5.74) is 1.35. The first-order valence-electron chi connectivity index (χ1n) is 5.17. The second kappa shape index (κ2) is 6.99. The van der Waals surface area contributed by atoms with Crippen molar-refractivity contribution in [3.05, 3.63) is 34.3 Å². The Balaban J connectivity index is 2.74. The van der Waals surface area contributed by atoms with Crippen molar-refractivity contribution in [1.29, 1.82) is 0 Å². The van der Waals surface area contributed by atoms with Gasteiger partial charge in [0.05, 0.1) is 0 Å². The first-order chi connectivity index (χ1) is 7.29. The zero-order valence-corrected chi connectivity index (χ0v) is 10.9. The smallest absolute Gasteiger partial charge is 0.0468 e. The summed E-state index contributed by atoms with van der Waals surface area (Å²) in [5, 5.41) is 3.23. The lowest BCUT2D eigenvalue weighted by molar-refractivity contribution is 0.187. The minimum Gasteiger partial charge on any atom is -0.385 e. The average molecular weight is 272 g/mol. The van der Waals surface area contributed by atoms with Gasteiger partial charge >= 0.3 is 0 Å². The number of rotatable bonds is 6. The molecule has 1 atom stereocenters. The lowest BCUT2D eigenvalue weighted by atomic mass is 9.96. The average Bonchev–Trinajstić information content (AvgIpc) is 2.25. The minimum absolute atomic E-state index is 0.505. The molecular formula is C12H18BrNO. The van der Waals surface area contributed by atoms with Crippen LogP contribution in [-0.2, 0) is 4.74 Å². The Kier molecular flexibility index (Phi) is 5.91. The van der Waals surface area contributed by atoms with Gasteiger partial charge in [-0.1, -0.05) is 34.1 Å². The Bertz CT molecular complexity index is 291. The largest absolute Gasteiger partial charge is 0.385 e. The Labute approximate surface area is 100 Å². The fraction of sp³-hybridized carbons (Fsp3) is 0.500. The lowest BCUT2D eigenvalue weighted by Gasteiger charge is -2.17. The van der Waals surface area contributed by atoms with Gasteiger partial charge in [0.2, 0.25) is 0 Å². The van der Waals surface area contributed by atoms with Crippen LogP contribution in [0.1, 0.15) is 17.9 Å². The highest BCUT2D eigenvalue weighted by molar-refractivity contribution is 9.10. The van der Waals surface area contributed by atoms with Crippen molar-refractivity contribution >= 4 is 15.9 Å². The Morgan fingerprint density at radius 3 is 2.73 bits per heavy atom. The van der Waals surface area contributed by atoms with Gasteiger partial charge in [-0.25, -0.2) is 0 Å². The van der Waals surface area contributed by atoms with Crippen molar-refractivity contribution in [1.82, 2.24) is 5.32 Å². The number of benzene rings is 1. The van der Waals surface area contributed by atoms with Gasteiger partial charge in [-0.3, -0.25) is 0 Å². The molecule has 3 heteroatoms. The molecule has 0 bridgehead atoms. The summed E-state index contributed by atoms with van der Waals surface area (Å²) < 4.78 is 6.32. The molecule has 0 radical (unpaired) electrons. The predicted octanol–water partition coefficient (Wildman–Crippen LogP) is 2.79. The molecule has 1 aromatic carbocycles. The fourth-order valence-corrected chi connectivity index (χ4v) is 2.29. The van der Waals surface area contributed by atoms with Crippen molar-refractivity contribution in [2.45, 2.75) is 12.3 Å². The number of likely N-dealkylation sites (N-methyl/N-ethyl adjacent to an activating group) is 1. The third-order valence-corrected chi connectivity index (χ3v) is 3.19. The molecule has 1 rings (SSSR count). The molecule has 0 heterocycles. The highest BCUT2D eigenvalue weighted by atomic mass is 79.9. The third-order valence-electron chi connectivity index (χ3n) is 2.47. The SMILES string of the molecule is CNCC(CCOC)c1ccccc1Br. The van der Waals surface area contributed by atoms with Gasteiger partial charge in [0.15, 0.2) is 0 Å². The third kappa shape index (κ3) is 3.93. The first kappa shape index (κ1) is 12.7. The molecule has 0 saturated carbocycles.